The SMILES string of the molecule is c1ccc(-c2cc(-c3ccccc3)cc(-n3c4ccccc4c4c(-c5ccc6c(c5)c5ccccc5n6-c5ccccc5)cccc43)c2)cc1. The minimum Gasteiger partial charge on any atom is -0.309 e. The fourth-order valence-corrected chi connectivity index (χ4v) is 7.87. The molecular weight excluding hydrogens is 605 g/mol. The van der Waals surface area contributed by atoms with Gasteiger partial charge in [-0.05, 0) is 94.0 Å². The Labute approximate surface area is 290 Å². The number of hydrogen-bond acceptors (Lipinski definition) is 0. The van der Waals surface area contributed by atoms with Crippen LogP contribution in [0.3, 0.4) is 0 Å². The first-order valence-corrected chi connectivity index (χ1v) is 17.2. The number of aromatic nitrogens is 2. The van der Waals surface area contributed by atoms with Gasteiger partial charge in [0.25, 0.3) is 0 Å². The predicted octanol–water partition coefficient (Wildman–Crippen LogP) is 12.9. The second-order valence-electron chi connectivity index (χ2n) is 13.0. The number of para-hydroxylation sites is 3. The van der Waals surface area contributed by atoms with Crippen LogP contribution in [-0.4, -0.2) is 9.13 Å². The smallest absolute Gasteiger partial charge is 0.0547 e. The van der Waals surface area contributed by atoms with Crippen LogP contribution in [0.1, 0.15) is 0 Å². The van der Waals surface area contributed by atoms with Crippen molar-refractivity contribution in [3.05, 3.63) is 194 Å². The summed E-state index contributed by atoms with van der Waals surface area (Å²) in [7, 11) is 0. The average molecular weight is 637 g/mol. The first-order valence-electron chi connectivity index (χ1n) is 17.2. The normalized spacial score (nSPS) is 11.6. The fraction of sp³-hybridized carbons (Fsp3) is 0. The molecule has 10 aromatic rings. The monoisotopic (exact) mass is 636 g/mol. The lowest BCUT2D eigenvalue weighted by Gasteiger charge is -2.14. The zero-order chi connectivity index (χ0) is 33.0. The van der Waals surface area contributed by atoms with Crippen molar-refractivity contribution in [1.82, 2.24) is 9.13 Å². The van der Waals surface area contributed by atoms with E-state index < -0.39 is 0 Å². The van der Waals surface area contributed by atoms with Crippen LogP contribution in [0, 0.1) is 0 Å². The Kier molecular flexibility index (Phi) is 6.53. The Bertz CT molecular complexity index is 2780. The molecule has 0 unspecified atom stereocenters. The first kappa shape index (κ1) is 28.4. The molecule has 10 rings (SSSR count). The van der Waals surface area contributed by atoms with E-state index in [1.807, 2.05) is 0 Å². The van der Waals surface area contributed by atoms with E-state index in [-0.39, 0.29) is 0 Å². The molecule has 0 aliphatic rings. The lowest BCUT2D eigenvalue weighted by molar-refractivity contribution is 1.18. The molecule has 2 heterocycles. The van der Waals surface area contributed by atoms with Crippen LogP contribution in [0.2, 0.25) is 0 Å². The Morgan fingerprint density at radius 2 is 0.780 bits per heavy atom. The van der Waals surface area contributed by atoms with E-state index in [4.69, 9.17) is 0 Å². The third-order valence-corrected chi connectivity index (χ3v) is 10.1. The molecule has 0 radical (unpaired) electrons. The van der Waals surface area contributed by atoms with Gasteiger partial charge in [0.05, 0.1) is 22.1 Å². The zero-order valence-electron chi connectivity index (χ0n) is 27.4. The van der Waals surface area contributed by atoms with Gasteiger partial charge in [0.1, 0.15) is 0 Å². The van der Waals surface area contributed by atoms with Gasteiger partial charge in [0.15, 0.2) is 0 Å². The molecule has 0 fully saturated rings. The van der Waals surface area contributed by atoms with Crippen molar-refractivity contribution in [2.45, 2.75) is 0 Å². The van der Waals surface area contributed by atoms with Crippen molar-refractivity contribution in [2.75, 3.05) is 0 Å². The van der Waals surface area contributed by atoms with Crippen molar-refractivity contribution < 1.29 is 0 Å². The molecule has 8 aromatic carbocycles. The highest BCUT2D eigenvalue weighted by Crippen LogP contribution is 2.42. The van der Waals surface area contributed by atoms with Gasteiger partial charge < -0.3 is 9.13 Å². The van der Waals surface area contributed by atoms with Gasteiger partial charge >= 0.3 is 0 Å². The summed E-state index contributed by atoms with van der Waals surface area (Å²) in [6, 6.07) is 70.4. The lowest BCUT2D eigenvalue weighted by Crippen LogP contribution is -1.96. The molecule has 0 aliphatic carbocycles. The van der Waals surface area contributed by atoms with Gasteiger partial charge in [-0.25, -0.2) is 0 Å². The Morgan fingerprint density at radius 3 is 1.46 bits per heavy atom. The number of nitrogens with zero attached hydrogens (tertiary/aromatic N) is 2. The summed E-state index contributed by atoms with van der Waals surface area (Å²) in [4.78, 5) is 0. The number of rotatable bonds is 5. The van der Waals surface area contributed by atoms with Crippen molar-refractivity contribution >= 4 is 43.6 Å². The van der Waals surface area contributed by atoms with Crippen LogP contribution < -0.4 is 0 Å². The minimum absolute atomic E-state index is 1.15. The van der Waals surface area contributed by atoms with E-state index in [1.165, 1.54) is 82.7 Å². The van der Waals surface area contributed by atoms with E-state index in [1.54, 1.807) is 0 Å². The van der Waals surface area contributed by atoms with Gasteiger partial charge in [-0.1, -0.05) is 133 Å². The molecule has 234 valence electrons. The van der Waals surface area contributed by atoms with Crippen LogP contribution in [0.5, 0.6) is 0 Å². The minimum atomic E-state index is 1.15. The number of benzene rings is 8. The molecule has 0 atom stereocenters. The summed E-state index contributed by atoms with van der Waals surface area (Å²) in [6.07, 6.45) is 0. The molecule has 0 saturated carbocycles. The highest BCUT2D eigenvalue weighted by atomic mass is 15.0. The summed E-state index contributed by atoms with van der Waals surface area (Å²) in [5.41, 5.74) is 14.4. The predicted molar refractivity (Wildman–Crippen MR) is 211 cm³/mol. The second kappa shape index (κ2) is 11.5. The maximum atomic E-state index is 2.45. The summed E-state index contributed by atoms with van der Waals surface area (Å²) in [6.45, 7) is 0. The van der Waals surface area contributed by atoms with Crippen molar-refractivity contribution in [3.63, 3.8) is 0 Å². The Balaban J connectivity index is 1.23. The molecule has 2 nitrogen and oxygen atoms in total. The summed E-state index contributed by atoms with van der Waals surface area (Å²) < 4.78 is 4.83. The van der Waals surface area contributed by atoms with E-state index in [0.29, 0.717) is 0 Å². The van der Waals surface area contributed by atoms with Crippen LogP contribution in [0.15, 0.2) is 194 Å². The fourth-order valence-electron chi connectivity index (χ4n) is 7.87. The largest absolute Gasteiger partial charge is 0.309 e. The van der Waals surface area contributed by atoms with Crippen LogP contribution in [0.25, 0.3) is 88.4 Å². The van der Waals surface area contributed by atoms with E-state index in [0.717, 1.165) is 5.69 Å². The van der Waals surface area contributed by atoms with Crippen LogP contribution in [-0.2, 0) is 0 Å². The molecule has 2 aromatic heterocycles. The zero-order valence-corrected chi connectivity index (χ0v) is 27.4. The summed E-state index contributed by atoms with van der Waals surface area (Å²) in [5, 5.41) is 5.02. The number of fused-ring (bicyclic) bond motifs is 6. The maximum Gasteiger partial charge on any atom is 0.0547 e. The maximum absolute atomic E-state index is 2.45. The molecule has 0 spiro atoms. The quantitative estimate of drug-likeness (QED) is 0.178. The molecule has 0 aliphatic heterocycles. The Hall–Kier alpha value is -6.64. The van der Waals surface area contributed by atoms with Crippen molar-refractivity contribution in [1.29, 1.82) is 0 Å². The van der Waals surface area contributed by atoms with Crippen LogP contribution in [0.4, 0.5) is 0 Å². The van der Waals surface area contributed by atoms with Crippen molar-refractivity contribution in [2.24, 2.45) is 0 Å². The molecule has 0 amide bonds. The van der Waals surface area contributed by atoms with Gasteiger partial charge in [0, 0.05) is 32.9 Å². The third kappa shape index (κ3) is 4.50. The second-order valence-corrected chi connectivity index (χ2v) is 13.0. The van der Waals surface area contributed by atoms with E-state index >= 15 is 0 Å². The molecular formula is C48H32N2. The summed E-state index contributed by atoms with van der Waals surface area (Å²) in [5.74, 6) is 0. The van der Waals surface area contributed by atoms with Gasteiger partial charge in [-0.15, -0.1) is 0 Å². The standard InChI is InChI=1S/C48H32N2/c1-4-15-33(16-5-1)36-29-37(34-17-6-2-7-18-34)31-39(30-36)50-45-25-13-11-22-42(45)48-40(23-14-26-47(48)50)35-27-28-46-43(32-35)41-21-10-12-24-44(41)49(46)38-19-8-3-9-20-38/h1-32H. The van der Waals surface area contributed by atoms with Gasteiger partial charge in [-0.3, -0.25) is 0 Å². The summed E-state index contributed by atoms with van der Waals surface area (Å²) >= 11 is 0. The first-order chi connectivity index (χ1) is 24.8. The molecule has 0 saturated heterocycles. The van der Waals surface area contributed by atoms with E-state index in [9.17, 15) is 0 Å². The van der Waals surface area contributed by atoms with Gasteiger partial charge in [0.2, 0.25) is 0 Å². The Morgan fingerprint density at radius 1 is 0.260 bits per heavy atom. The van der Waals surface area contributed by atoms with Gasteiger partial charge in [-0.2, -0.15) is 0 Å². The molecule has 0 bridgehead atoms. The highest BCUT2D eigenvalue weighted by Gasteiger charge is 2.19. The highest BCUT2D eigenvalue weighted by molar-refractivity contribution is 6.17. The lowest BCUT2D eigenvalue weighted by atomic mass is 9.97. The molecule has 50 heavy (non-hydrogen) atoms. The van der Waals surface area contributed by atoms with E-state index in [2.05, 4.69) is 203 Å². The molecule has 2 heteroatoms. The topological polar surface area (TPSA) is 9.86 Å². The average Bonchev–Trinajstić information content (AvgIpc) is 3.71. The molecule has 0 N–H and O–H groups in total. The number of hydrogen-bond donors (Lipinski definition) is 0. The third-order valence-electron chi connectivity index (χ3n) is 10.1. The van der Waals surface area contributed by atoms with Crippen LogP contribution >= 0.6 is 0 Å². The van der Waals surface area contributed by atoms with Crippen molar-refractivity contribution in [3.8, 4) is 44.8 Å².